The van der Waals surface area contributed by atoms with Crippen molar-refractivity contribution in [1.82, 2.24) is 4.98 Å². The Morgan fingerprint density at radius 2 is 1.96 bits per heavy atom. The zero-order chi connectivity index (χ0) is 18.4. The third-order valence-electron chi connectivity index (χ3n) is 5.84. The molecular formula is C22H22ClNO2. The number of carbonyl (C=O) groups excluding carboxylic acids is 1. The van der Waals surface area contributed by atoms with Crippen LogP contribution in [-0.2, 0) is 11.2 Å². The Morgan fingerprint density at radius 1 is 1.19 bits per heavy atom. The molecule has 0 radical (unpaired) electrons. The fourth-order valence-corrected chi connectivity index (χ4v) is 4.59. The monoisotopic (exact) mass is 367 g/mol. The SMILES string of the molecule is CCc1ccc(-c2cnc(Cl)cc2C)cc1C1=C(O)[C@H]2CC[C@H](C2)C1=O. The van der Waals surface area contributed by atoms with Crippen LogP contribution in [0.3, 0.4) is 0 Å². The number of carbonyl (C=O) groups is 1. The standard InChI is InChI=1S/C22H22ClNO2/c1-3-13-4-5-14(18-11-24-19(23)8-12(18)2)10-17(13)20-21(25)15-6-7-16(9-15)22(20)26/h4-5,8,10-11,15-16,25H,3,6-7,9H2,1-2H3/t15-,16+/m0/s1. The lowest BCUT2D eigenvalue weighted by Crippen LogP contribution is -2.22. The number of benzene rings is 1. The second-order valence-corrected chi connectivity index (χ2v) is 7.77. The van der Waals surface area contributed by atoms with E-state index in [9.17, 15) is 9.90 Å². The summed E-state index contributed by atoms with van der Waals surface area (Å²) >= 11 is 5.99. The van der Waals surface area contributed by atoms with E-state index in [1.54, 1.807) is 6.20 Å². The van der Waals surface area contributed by atoms with E-state index in [1.165, 1.54) is 0 Å². The van der Waals surface area contributed by atoms with Gasteiger partial charge in [0, 0.05) is 23.6 Å². The molecule has 1 saturated carbocycles. The molecule has 1 fully saturated rings. The summed E-state index contributed by atoms with van der Waals surface area (Å²) in [5.41, 5.74) is 5.52. The average molecular weight is 368 g/mol. The van der Waals surface area contributed by atoms with E-state index < -0.39 is 0 Å². The highest BCUT2D eigenvalue weighted by molar-refractivity contribution is 6.29. The number of aliphatic hydroxyl groups is 1. The number of nitrogens with zero attached hydrogens (tertiary/aromatic N) is 1. The molecule has 2 aliphatic carbocycles. The van der Waals surface area contributed by atoms with Gasteiger partial charge in [0.25, 0.3) is 0 Å². The third-order valence-corrected chi connectivity index (χ3v) is 6.05. The minimum absolute atomic E-state index is 0.0678. The number of aromatic nitrogens is 1. The molecule has 2 aliphatic rings. The normalized spacial score (nSPS) is 22.2. The maximum Gasteiger partial charge on any atom is 0.169 e. The van der Waals surface area contributed by atoms with Crippen molar-refractivity contribution in [1.29, 1.82) is 0 Å². The van der Waals surface area contributed by atoms with Gasteiger partial charge in [-0.25, -0.2) is 4.98 Å². The van der Waals surface area contributed by atoms with Crippen molar-refractivity contribution in [3.8, 4) is 11.1 Å². The molecule has 0 spiro atoms. The first-order valence-electron chi connectivity index (χ1n) is 9.22. The van der Waals surface area contributed by atoms with E-state index in [0.717, 1.165) is 53.5 Å². The minimum Gasteiger partial charge on any atom is -0.511 e. The van der Waals surface area contributed by atoms with Crippen molar-refractivity contribution in [3.63, 3.8) is 0 Å². The van der Waals surface area contributed by atoms with Crippen LogP contribution in [0, 0.1) is 18.8 Å². The first-order valence-corrected chi connectivity index (χ1v) is 9.60. The van der Waals surface area contributed by atoms with Crippen molar-refractivity contribution >= 4 is 23.0 Å². The first-order chi connectivity index (χ1) is 12.5. The number of fused-ring (bicyclic) bond motifs is 2. The van der Waals surface area contributed by atoms with Gasteiger partial charge in [0.05, 0.1) is 5.57 Å². The molecule has 0 unspecified atom stereocenters. The molecule has 3 nitrogen and oxygen atoms in total. The van der Waals surface area contributed by atoms with Crippen molar-refractivity contribution < 1.29 is 9.90 Å². The number of ketones is 1. The minimum atomic E-state index is 0.0678. The highest BCUT2D eigenvalue weighted by Gasteiger charge is 2.41. The molecule has 1 aromatic heterocycles. The summed E-state index contributed by atoms with van der Waals surface area (Å²) in [6.07, 6.45) is 5.18. The summed E-state index contributed by atoms with van der Waals surface area (Å²) in [7, 11) is 0. The molecule has 1 heterocycles. The maximum absolute atomic E-state index is 13.0. The van der Waals surface area contributed by atoms with Crippen molar-refractivity contribution in [3.05, 3.63) is 58.1 Å². The predicted molar refractivity (Wildman–Crippen MR) is 104 cm³/mol. The number of aliphatic hydroxyl groups excluding tert-OH is 1. The smallest absolute Gasteiger partial charge is 0.169 e. The van der Waals surface area contributed by atoms with Crippen molar-refractivity contribution in [2.45, 2.75) is 39.5 Å². The van der Waals surface area contributed by atoms with Gasteiger partial charge in [-0.05, 0) is 67.0 Å². The highest BCUT2D eigenvalue weighted by Crippen LogP contribution is 2.46. The van der Waals surface area contributed by atoms with Gasteiger partial charge < -0.3 is 5.11 Å². The van der Waals surface area contributed by atoms with Crippen LogP contribution >= 0.6 is 11.6 Å². The van der Waals surface area contributed by atoms with E-state index in [-0.39, 0.29) is 17.6 Å². The Kier molecular flexibility index (Phi) is 4.36. The number of rotatable bonds is 3. The lowest BCUT2D eigenvalue weighted by Gasteiger charge is -2.23. The number of halogens is 1. The Morgan fingerprint density at radius 3 is 2.69 bits per heavy atom. The summed E-state index contributed by atoms with van der Waals surface area (Å²) in [6, 6.07) is 7.99. The zero-order valence-corrected chi connectivity index (χ0v) is 15.8. The molecule has 0 aliphatic heterocycles. The van der Waals surface area contributed by atoms with E-state index >= 15 is 0 Å². The lowest BCUT2D eigenvalue weighted by atomic mass is 9.81. The number of pyridine rings is 1. The number of hydrogen-bond donors (Lipinski definition) is 1. The first kappa shape index (κ1) is 17.3. The van der Waals surface area contributed by atoms with Crippen LogP contribution in [0.2, 0.25) is 5.15 Å². The number of allylic oxidation sites excluding steroid dienone is 2. The molecule has 2 aromatic rings. The van der Waals surface area contributed by atoms with Crippen molar-refractivity contribution in [2.24, 2.45) is 11.8 Å². The van der Waals surface area contributed by atoms with Crippen LogP contribution in [0.25, 0.3) is 16.7 Å². The van der Waals surface area contributed by atoms with Gasteiger partial charge in [0.2, 0.25) is 0 Å². The van der Waals surface area contributed by atoms with Gasteiger partial charge in [-0.1, -0.05) is 30.7 Å². The molecule has 4 rings (SSSR count). The van der Waals surface area contributed by atoms with E-state index in [2.05, 4.69) is 24.0 Å². The predicted octanol–water partition coefficient (Wildman–Crippen LogP) is 5.54. The summed E-state index contributed by atoms with van der Waals surface area (Å²) in [5.74, 6) is 0.605. The van der Waals surface area contributed by atoms with Gasteiger partial charge in [-0.15, -0.1) is 0 Å². The van der Waals surface area contributed by atoms with Crippen LogP contribution in [0.4, 0.5) is 0 Å². The molecule has 26 heavy (non-hydrogen) atoms. The molecule has 134 valence electrons. The van der Waals surface area contributed by atoms with Crippen LogP contribution in [-0.4, -0.2) is 15.9 Å². The Labute approximate surface area is 158 Å². The van der Waals surface area contributed by atoms with E-state index in [0.29, 0.717) is 16.5 Å². The molecule has 1 N–H and O–H groups in total. The highest BCUT2D eigenvalue weighted by atomic mass is 35.5. The molecule has 1 aromatic carbocycles. The zero-order valence-electron chi connectivity index (χ0n) is 15.1. The van der Waals surface area contributed by atoms with Crippen LogP contribution in [0.15, 0.2) is 36.2 Å². The Hall–Kier alpha value is -2.13. The summed E-state index contributed by atoms with van der Waals surface area (Å²) in [5, 5.41) is 11.2. The molecule has 2 bridgehead atoms. The van der Waals surface area contributed by atoms with Crippen LogP contribution < -0.4 is 0 Å². The molecule has 2 atom stereocenters. The van der Waals surface area contributed by atoms with Gasteiger partial charge >= 0.3 is 0 Å². The van der Waals surface area contributed by atoms with E-state index in [1.807, 2.05) is 19.1 Å². The summed E-state index contributed by atoms with van der Waals surface area (Å²) in [6.45, 7) is 4.08. The second kappa shape index (κ2) is 6.55. The quantitative estimate of drug-likeness (QED) is 0.724. The molecular weight excluding hydrogens is 346 g/mol. The topological polar surface area (TPSA) is 50.2 Å². The average Bonchev–Trinajstić information content (AvgIpc) is 3.07. The van der Waals surface area contributed by atoms with E-state index in [4.69, 9.17) is 11.6 Å². The Bertz CT molecular complexity index is 932. The molecule has 0 saturated heterocycles. The van der Waals surface area contributed by atoms with Gasteiger partial charge in [-0.3, -0.25) is 4.79 Å². The number of aryl methyl sites for hydroxylation is 2. The number of Topliss-reactive ketones (excluding diaryl/α,β-unsaturated/α-hetero) is 1. The van der Waals surface area contributed by atoms with Gasteiger partial charge in [-0.2, -0.15) is 0 Å². The van der Waals surface area contributed by atoms with Crippen molar-refractivity contribution in [2.75, 3.05) is 0 Å². The third kappa shape index (κ3) is 2.75. The largest absolute Gasteiger partial charge is 0.511 e. The second-order valence-electron chi connectivity index (χ2n) is 7.38. The molecule has 0 amide bonds. The summed E-state index contributed by atoms with van der Waals surface area (Å²) < 4.78 is 0. The van der Waals surface area contributed by atoms with Gasteiger partial charge in [0.1, 0.15) is 10.9 Å². The lowest BCUT2D eigenvalue weighted by molar-refractivity contribution is -0.117. The number of hydrogen-bond acceptors (Lipinski definition) is 3. The Balaban J connectivity index is 1.88. The maximum atomic E-state index is 13.0. The fraction of sp³-hybridized carbons (Fsp3) is 0.364. The van der Waals surface area contributed by atoms with Crippen LogP contribution in [0.1, 0.15) is 42.9 Å². The summed E-state index contributed by atoms with van der Waals surface area (Å²) in [4.78, 5) is 17.2. The van der Waals surface area contributed by atoms with Gasteiger partial charge in [0.15, 0.2) is 5.78 Å². The van der Waals surface area contributed by atoms with Crippen LogP contribution in [0.5, 0.6) is 0 Å². The molecule has 4 heteroatoms. The fourth-order valence-electron chi connectivity index (χ4n) is 4.38.